The van der Waals surface area contributed by atoms with Crippen molar-refractivity contribution in [3.05, 3.63) is 41.6 Å². The third-order valence-electron chi connectivity index (χ3n) is 7.10. The number of amides is 1. The first kappa shape index (κ1) is 22.8. The summed E-state index contributed by atoms with van der Waals surface area (Å²) >= 11 is 0. The number of aromatic nitrogens is 2. The number of carbonyl (C=O) groups excluding carboxylic acids is 1. The number of nitrogens with two attached hydrogens (primary N) is 1. The predicted octanol–water partition coefficient (Wildman–Crippen LogP) is 3.03. The summed E-state index contributed by atoms with van der Waals surface area (Å²) < 4.78 is 1.71. The molecule has 0 bridgehead atoms. The molecule has 1 aliphatic heterocycles. The van der Waals surface area contributed by atoms with Crippen molar-refractivity contribution < 1.29 is 14.7 Å². The van der Waals surface area contributed by atoms with Crippen LogP contribution in [0.15, 0.2) is 30.5 Å². The van der Waals surface area contributed by atoms with Crippen molar-refractivity contribution in [2.45, 2.75) is 57.0 Å². The van der Waals surface area contributed by atoms with Gasteiger partial charge in [0.1, 0.15) is 5.56 Å². The number of carboxylic acid groups (broad SMARTS) is 1. The molecule has 33 heavy (non-hydrogen) atoms. The van der Waals surface area contributed by atoms with E-state index in [-0.39, 0.29) is 17.5 Å². The van der Waals surface area contributed by atoms with E-state index in [9.17, 15) is 20.0 Å². The van der Waals surface area contributed by atoms with Crippen LogP contribution in [0.2, 0.25) is 0 Å². The number of benzene rings is 1. The maximum Gasteiger partial charge on any atom is 0.313 e. The number of rotatable bonds is 7. The predicted molar refractivity (Wildman–Crippen MR) is 123 cm³/mol. The van der Waals surface area contributed by atoms with Gasteiger partial charge in [0, 0.05) is 17.9 Å². The van der Waals surface area contributed by atoms with Gasteiger partial charge in [-0.3, -0.25) is 14.3 Å². The second-order valence-corrected chi connectivity index (χ2v) is 9.53. The van der Waals surface area contributed by atoms with Crippen molar-refractivity contribution in [1.82, 2.24) is 14.7 Å². The lowest BCUT2D eigenvalue weighted by molar-refractivity contribution is -0.142. The summed E-state index contributed by atoms with van der Waals surface area (Å²) in [7, 11) is 0. The van der Waals surface area contributed by atoms with Crippen molar-refractivity contribution in [1.29, 1.82) is 5.26 Å². The molecule has 1 aromatic heterocycles. The number of anilines is 2. The maximum atomic E-state index is 12.1. The van der Waals surface area contributed by atoms with E-state index in [1.807, 2.05) is 0 Å². The third kappa shape index (κ3) is 4.44. The van der Waals surface area contributed by atoms with Crippen LogP contribution in [0.5, 0.6) is 0 Å². The molecule has 1 amide bonds. The highest BCUT2D eigenvalue weighted by Crippen LogP contribution is 2.38. The van der Waals surface area contributed by atoms with Gasteiger partial charge in [0.15, 0.2) is 5.82 Å². The van der Waals surface area contributed by atoms with Gasteiger partial charge in [-0.05, 0) is 70.3 Å². The SMILES string of the molecule is CC(C)(C(=O)O)c1ccc(Nc2nn(C3CCC(N4CCC4)CC3C#N)cc2C(N)=O)cc1. The van der Waals surface area contributed by atoms with E-state index in [1.165, 1.54) is 6.42 Å². The van der Waals surface area contributed by atoms with Crippen molar-refractivity contribution in [3.8, 4) is 6.07 Å². The second-order valence-electron chi connectivity index (χ2n) is 9.53. The van der Waals surface area contributed by atoms with E-state index in [0.29, 0.717) is 23.1 Å². The molecule has 3 atom stereocenters. The van der Waals surface area contributed by atoms with E-state index in [4.69, 9.17) is 5.73 Å². The lowest BCUT2D eigenvalue weighted by Crippen LogP contribution is -2.48. The van der Waals surface area contributed by atoms with Gasteiger partial charge in [0.2, 0.25) is 0 Å². The first-order chi connectivity index (χ1) is 15.7. The standard InChI is InChI=1S/C24H30N6O3/c1-24(2,23(32)33)16-4-6-17(7-5-16)27-22-19(21(26)31)14-30(28-22)20-9-8-18(12-15(20)13-25)29-10-3-11-29/h4-7,14-15,18,20H,3,8-12H2,1-2H3,(H2,26,31)(H,27,28)(H,32,33). The highest BCUT2D eigenvalue weighted by atomic mass is 16.4. The van der Waals surface area contributed by atoms with Crippen LogP contribution in [0.3, 0.4) is 0 Å². The van der Waals surface area contributed by atoms with Crippen LogP contribution in [-0.4, -0.2) is 50.8 Å². The Morgan fingerprint density at radius 2 is 1.94 bits per heavy atom. The second kappa shape index (κ2) is 8.87. The Hall–Kier alpha value is -3.38. The number of likely N-dealkylation sites (tertiary alicyclic amines) is 1. The number of nitrogens with one attached hydrogen (secondary N) is 1. The number of primary amides is 1. The Balaban J connectivity index is 1.54. The quantitative estimate of drug-likeness (QED) is 0.589. The van der Waals surface area contributed by atoms with Gasteiger partial charge in [-0.25, -0.2) is 0 Å². The van der Waals surface area contributed by atoms with E-state index in [2.05, 4.69) is 21.4 Å². The van der Waals surface area contributed by atoms with Gasteiger partial charge in [-0.15, -0.1) is 0 Å². The molecule has 0 spiro atoms. The van der Waals surface area contributed by atoms with Gasteiger partial charge in [0.05, 0.1) is 23.4 Å². The summed E-state index contributed by atoms with van der Waals surface area (Å²) in [6.07, 6.45) is 5.47. The fourth-order valence-corrected chi connectivity index (χ4v) is 4.69. The van der Waals surface area contributed by atoms with E-state index in [0.717, 1.165) is 32.4 Å². The number of aliphatic carboxylic acids is 1. The molecule has 1 saturated heterocycles. The fourth-order valence-electron chi connectivity index (χ4n) is 4.69. The molecule has 2 heterocycles. The molecule has 2 aliphatic rings. The maximum absolute atomic E-state index is 12.1. The van der Waals surface area contributed by atoms with Crippen LogP contribution < -0.4 is 11.1 Å². The number of nitrogens with zero attached hydrogens (tertiary/aromatic N) is 4. The van der Waals surface area contributed by atoms with Gasteiger partial charge < -0.3 is 21.1 Å². The van der Waals surface area contributed by atoms with Crippen LogP contribution >= 0.6 is 0 Å². The van der Waals surface area contributed by atoms with Crippen molar-refractivity contribution >= 4 is 23.4 Å². The number of carboxylic acids is 1. The Morgan fingerprint density at radius 3 is 2.48 bits per heavy atom. The molecule has 1 saturated carbocycles. The number of carbonyl (C=O) groups is 2. The third-order valence-corrected chi connectivity index (χ3v) is 7.10. The Kier molecular flexibility index (Phi) is 6.13. The Labute approximate surface area is 193 Å². The minimum absolute atomic E-state index is 0.111. The number of hydrogen-bond acceptors (Lipinski definition) is 6. The topological polar surface area (TPSA) is 137 Å². The number of hydrogen-bond donors (Lipinski definition) is 3. The summed E-state index contributed by atoms with van der Waals surface area (Å²) in [4.78, 5) is 26.0. The highest BCUT2D eigenvalue weighted by Gasteiger charge is 2.37. The lowest BCUT2D eigenvalue weighted by Gasteiger charge is -2.43. The van der Waals surface area contributed by atoms with E-state index >= 15 is 0 Å². The zero-order chi connectivity index (χ0) is 23.8. The summed E-state index contributed by atoms with van der Waals surface area (Å²) in [5.41, 5.74) is 6.18. The van der Waals surface area contributed by atoms with Gasteiger partial charge in [-0.2, -0.15) is 10.4 Å². The summed E-state index contributed by atoms with van der Waals surface area (Å²) in [5.74, 6) is -1.37. The molecule has 4 rings (SSSR count). The monoisotopic (exact) mass is 450 g/mol. The zero-order valence-electron chi connectivity index (χ0n) is 19.0. The Morgan fingerprint density at radius 1 is 1.24 bits per heavy atom. The minimum Gasteiger partial charge on any atom is -0.481 e. The van der Waals surface area contributed by atoms with Crippen LogP contribution in [0.25, 0.3) is 0 Å². The molecular formula is C24H30N6O3. The highest BCUT2D eigenvalue weighted by molar-refractivity contribution is 5.98. The fraction of sp³-hybridized carbons (Fsp3) is 0.500. The van der Waals surface area contributed by atoms with Crippen LogP contribution in [0, 0.1) is 17.2 Å². The van der Waals surface area contributed by atoms with Crippen LogP contribution in [0.4, 0.5) is 11.5 Å². The average Bonchev–Trinajstić information content (AvgIpc) is 3.16. The molecule has 9 heteroatoms. The zero-order valence-corrected chi connectivity index (χ0v) is 19.0. The molecule has 3 unspecified atom stereocenters. The summed E-state index contributed by atoms with van der Waals surface area (Å²) in [5, 5.41) is 27.0. The molecule has 2 fully saturated rings. The molecular weight excluding hydrogens is 420 g/mol. The van der Waals surface area contributed by atoms with E-state index in [1.54, 1.807) is 49.0 Å². The molecule has 1 aliphatic carbocycles. The lowest BCUT2D eigenvalue weighted by atomic mass is 9.81. The smallest absolute Gasteiger partial charge is 0.313 e. The first-order valence-corrected chi connectivity index (χ1v) is 11.3. The van der Waals surface area contributed by atoms with Crippen molar-refractivity contribution in [2.75, 3.05) is 18.4 Å². The normalized spacial score (nSPS) is 23.4. The minimum atomic E-state index is -1.01. The molecule has 1 aromatic carbocycles. The largest absolute Gasteiger partial charge is 0.481 e. The molecule has 0 radical (unpaired) electrons. The van der Waals surface area contributed by atoms with Crippen LogP contribution in [-0.2, 0) is 10.2 Å². The molecule has 174 valence electrons. The van der Waals surface area contributed by atoms with Crippen molar-refractivity contribution in [2.24, 2.45) is 11.7 Å². The van der Waals surface area contributed by atoms with Crippen LogP contribution in [0.1, 0.15) is 61.5 Å². The van der Waals surface area contributed by atoms with Gasteiger partial charge in [0.25, 0.3) is 5.91 Å². The Bertz CT molecular complexity index is 1080. The summed E-state index contributed by atoms with van der Waals surface area (Å²) in [6, 6.07) is 9.75. The molecule has 4 N–H and O–H groups in total. The molecule has 9 nitrogen and oxygen atoms in total. The van der Waals surface area contributed by atoms with Gasteiger partial charge in [-0.1, -0.05) is 12.1 Å². The van der Waals surface area contributed by atoms with Crippen molar-refractivity contribution in [3.63, 3.8) is 0 Å². The number of nitriles is 1. The first-order valence-electron chi connectivity index (χ1n) is 11.3. The van der Waals surface area contributed by atoms with E-state index < -0.39 is 17.3 Å². The average molecular weight is 451 g/mol. The molecule has 2 aromatic rings. The summed E-state index contributed by atoms with van der Waals surface area (Å²) in [6.45, 7) is 5.51. The van der Waals surface area contributed by atoms with Gasteiger partial charge >= 0.3 is 5.97 Å².